The molecule has 0 amide bonds. The number of rotatable bonds is 4. The zero-order chi connectivity index (χ0) is 17.3. The van der Waals surface area contributed by atoms with Crippen LogP contribution in [0.2, 0.25) is 0 Å². The van der Waals surface area contributed by atoms with Gasteiger partial charge < -0.3 is 5.11 Å². The number of phenolic OH excluding ortho intramolecular Hbond substituents is 1. The highest BCUT2D eigenvalue weighted by molar-refractivity contribution is 9.10. The standard InChI is InChI=1S/C17H17BrN4OS/c1-10(2)16-20-21-17(24-3)22(16)19-9-14-13-6-5-12(18)8-11(13)4-7-15(14)23/h4-10,23H,1-3H3/b19-9-. The summed E-state index contributed by atoms with van der Waals surface area (Å²) in [4.78, 5) is 0. The second-order valence-electron chi connectivity index (χ2n) is 5.62. The van der Waals surface area contributed by atoms with Crippen molar-refractivity contribution in [2.24, 2.45) is 5.10 Å². The Balaban J connectivity index is 2.12. The molecule has 2 aromatic carbocycles. The van der Waals surface area contributed by atoms with Crippen LogP contribution in [0.15, 0.2) is 45.1 Å². The van der Waals surface area contributed by atoms with Crippen molar-refractivity contribution in [1.29, 1.82) is 0 Å². The molecular formula is C17H17BrN4OS. The first kappa shape index (κ1) is 17.0. The second-order valence-corrected chi connectivity index (χ2v) is 7.31. The Morgan fingerprint density at radius 2 is 2.04 bits per heavy atom. The van der Waals surface area contributed by atoms with Gasteiger partial charge in [0.2, 0.25) is 5.16 Å². The lowest BCUT2D eigenvalue weighted by atomic mass is 10.0. The van der Waals surface area contributed by atoms with Gasteiger partial charge in [0.25, 0.3) is 0 Å². The van der Waals surface area contributed by atoms with Gasteiger partial charge in [0.05, 0.1) is 6.21 Å². The van der Waals surface area contributed by atoms with E-state index in [1.54, 1.807) is 17.0 Å². The van der Waals surface area contributed by atoms with Crippen molar-refractivity contribution in [3.8, 4) is 5.75 Å². The Bertz CT molecular complexity index is 920. The van der Waals surface area contributed by atoms with Gasteiger partial charge in [0.1, 0.15) is 5.75 Å². The molecule has 1 N–H and O–H groups in total. The number of fused-ring (bicyclic) bond motifs is 1. The molecule has 5 nitrogen and oxygen atoms in total. The molecule has 24 heavy (non-hydrogen) atoms. The third-order valence-corrected chi connectivity index (χ3v) is 4.75. The van der Waals surface area contributed by atoms with Crippen LogP contribution in [0.5, 0.6) is 5.75 Å². The lowest BCUT2D eigenvalue weighted by Gasteiger charge is -2.07. The summed E-state index contributed by atoms with van der Waals surface area (Å²) in [6.07, 6.45) is 3.60. The van der Waals surface area contributed by atoms with Gasteiger partial charge in [0, 0.05) is 16.0 Å². The quantitative estimate of drug-likeness (QED) is 0.508. The first-order valence-electron chi connectivity index (χ1n) is 7.46. The largest absolute Gasteiger partial charge is 0.507 e. The first-order valence-corrected chi connectivity index (χ1v) is 9.48. The Labute approximate surface area is 152 Å². The smallest absolute Gasteiger partial charge is 0.211 e. The molecule has 3 aromatic rings. The van der Waals surface area contributed by atoms with Crippen LogP contribution >= 0.6 is 27.7 Å². The fourth-order valence-corrected chi connectivity index (χ4v) is 3.25. The van der Waals surface area contributed by atoms with Crippen LogP contribution in [0.25, 0.3) is 10.8 Å². The average Bonchev–Trinajstić information content (AvgIpc) is 2.97. The molecule has 0 aliphatic rings. The molecule has 0 fully saturated rings. The SMILES string of the molecule is CSc1nnc(C(C)C)n1/N=C\c1c(O)ccc2cc(Br)ccc12. The Morgan fingerprint density at radius 3 is 2.75 bits per heavy atom. The molecule has 0 atom stereocenters. The number of hydrogen-bond donors (Lipinski definition) is 1. The summed E-state index contributed by atoms with van der Waals surface area (Å²) in [6, 6.07) is 9.49. The molecule has 0 radical (unpaired) electrons. The average molecular weight is 405 g/mol. The zero-order valence-electron chi connectivity index (χ0n) is 13.6. The van der Waals surface area contributed by atoms with Crippen molar-refractivity contribution < 1.29 is 5.11 Å². The molecule has 0 spiro atoms. The van der Waals surface area contributed by atoms with Gasteiger partial charge in [-0.25, -0.2) is 0 Å². The van der Waals surface area contributed by atoms with E-state index in [2.05, 4.69) is 31.2 Å². The fraction of sp³-hybridized carbons (Fsp3) is 0.235. The number of nitrogens with zero attached hydrogens (tertiary/aromatic N) is 4. The predicted octanol–water partition coefficient (Wildman–Crippen LogP) is 4.63. The lowest BCUT2D eigenvalue weighted by molar-refractivity contribution is 0.475. The lowest BCUT2D eigenvalue weighted by Crippen LogP contribution is -2.02. The van der Waals surface area contributed by atoms with Gasteiger partial charge in [-0.15, -0.1) is 10.2 Å². The molecule has 1 aromatic heterocycles. The van der Waals surface area contributed by atoms with Crippen molar-refractivity contribution in [3.05, 3.63) is 46.2 Å². The fourth-order valence-electron chi connectivity index (χ4n) is 2.44. The number of phenols is 1. The highest BCUT2D eigenvalue weighted by atomic mass is 79.9. The maximum Gasteiger partial charge on any atom is 0.211 e. The van der Waals surface area contributed by atoms with Crippen molar-refractivity contribution in [2.75, 3.05) is 6.26 Å². The monoisotopic (exact) mass is 404 g/mol. The van der Waals surface area contributed by atoms with Crippen molar-refractivity contribution in [2.45, 2.75) is 24.9 Å². The highest BCUT2D eigenvalue weighted by Crippen LogP contribution is 2.28. The van der Waals surface area contributed by atoms with Gasteiger partial charge >= 0.3 is 0 Å². The maximum absolute atomic E-state index is 10.3. The molecule has 0 aliphatic carbocycles. The topological polar surface area (TPSA) is 63.3 Å². The van der Waals surface area contributed by atoms with Crippen molar-refractivity contribution in [1.82, 2.24) is 14.9 Å². The third-order valence-electron chi connectivity index (χ3n) is 3.64. The number of halogens is 1. The Kier molecular flexibility index (Phi) is 4.91. The van der Waals surface area contributed by atoms with Crippen LogP contribution in [0.3, 0.4) is 0 Å². The summed E-state index contributed by atoms with van der Waals surface area (Å²) in [5.41, 5.74) is 0.676. The van der Waals surface area contributed by atoms with E-state index in [-0.39, 0.29) is 11.7 Å². The molecule has 0 bridgehead atoms. The summed E-state index contributed by atoms with van der Waals surface area (Å²) in [5.74, 6) is 1.18. The number of aromatic hydroxyl groups is 1. The number of hydrogen-bond acceptors (Lipinski definition) is 5. The van der Waals surface area contributed by atoms with Crippen molar-refractivity contribution >= 4 is 44.7 Å². The van der Waals surface area contributed by atoms with Crippen molar-refractivity contribution in [3.63, 3.8) is 0 Å². The number of aromatic nitrogens is 3. The van der Waals surface area contributed by atoms with Gasteiger partial charge in [-0.2, -0.15) is 9.78 Å². The van der Waals surface area contributed by atoms with Crippen LogP contribution in [-0.4, -0.2) is 32.5 Å². The van der Waals surface area contributed by atoms with E-state index >= 15 is 0 Å². The Hall–Kier alpha value is -1.86. The third kappa shape index (κ3) is 3.18. The van der Waals surface area contributed by atoms with Gasteiger partial charge in [-0.1, -0.05) is 53.7 Å². The molecule has 0 unspecified atom stereocenters. The summed E-state index contributed by atoms with van der Waals surface area (Å²) in [7, 11) is 0. The van der Waals surface area contributed by atoms with E-state index in [0.29, 0.717) is 5.56 Å². The summed E-state index contributed by atoms with van der Waals surface area (Å²) < 4.78 is 2.72. The van der Waals surface area contributed by atoms with Crippen LogP contribution in [-0.2, 0) is 0 Å². The minimum absolute atomic E-state index is 0.193. The highest BCUT2D eigenvalue weighted by Gasteiger charge is 2.14. The van der Waals surface area contributed by atoms with Gasteiger partial charge in [-0.3, -0.25) is 0 Å². The molecular weight excluding hydrogens is 388 g/mol. The summed E-state index contributed by atoms with van der Waals surface area (Å²) in [5, 5.41) is 25.8. The van der Waals surface area contributed by atoms with Crippen LogP contribution < -0.4 is 0 Å². The van der Waals surface area contributed by atoms with Crippen LogP contribution in [0, 0.1) is 0 Å². The van der Waals surface area contributed by atoms with E-state index in [4.69, 9.17) is 0 Å². The second kappa shape index (κ2) is 6.94. The molecule has 124 valence electrons. The van der Waals surface area contributed by atoms with E-state index in [1.165, 1.54) is 11.8 Å². The zero-order valence-corrected chi connectivity index (χ0v) is 16.0. The molecule has 7 heteroatoms. The maximum atomic E-state index is 10.3. The minimum Gasteiger partial charge on any atom is -0.507 e. The van der Waals surface area contributed by atoms with Gasteiger partial charge in [-0.05, 0) is 35.2 Å². The van der Waals surface area contributed by atoms with Crippen LogP contribution in [0.4, 0.5) is 0 Å². The van der Waals surface area contributed by atoms with E-state index < -0.39 is 0 Å². The molecule has 3 rings (SSSR count). The molecule has 0 aliphatic heterocycles. The van der Waals surface area contributed by atoms with Crippen LogP contribution in [0.1, 0.15) is 31.2 Å². The van der Waals surface area contributed by atoms with E-state index in [9.17, 15) is 5.11 Å². The van der Waals surface area contributed by atoms with Gasteiger partial charge in [0.15, 0.2) is 5.82 Å². The molecule has 0 saturated heterocycles. The Morgan fingerprint density at radius 1 is 1.25 bits per heavy atom. The summed E-state index contributed by atoms with van der Waals surface area (Å²) >= 11 is 4.96. The van der Waals surface area contributed by atoms with E-state index in [0.717, 1.165) is 26.2 Å². The summed E-state index contributed by atoms with van der Waals surface area (Å²) in [6.45, 7) is 4.10. The number of benzene rings is 2. The minimum atomic E-state index is 0.193. The molecule has 0 saturated carbocycles. The number of thioether (sulfide) groups is 1. The molecule has 1 heterocycles. The normalized spacial score (nSPS) is 11.9. The first-order chi connectivity index (χ1) is 11.5. The predicted molar refractivity (Wildman–Crippen MR) is 102 cm³/mol. The van der Waals surface area contributed by atoms with E-state index in [1.807, 2.05) is 44.4 Å².